The molecule has 1 aromatic carbocycles. The van der Waals surface area contributed by atoms with E-state index in [9.17, 15) is 8.42 Å². The zero-order valence-electron chi connectivity index (χ0n) is 10.1. The van der Waals surface area contributed by atoms with Crippen LogP contribution in [0.5, 0.6) is 0 Å². The van der Waals surface area contributed by atoms with Crippen molar-refractivity contribution in [3.8, 4) is 0 Å². The molecule has 6 nitrogen and oxygen atoms in total. The molecule has 18 heavy (non-hydrogen) atoms. The van der Waals surface area contributed by atoms with Gasteiger partial charge >= 0.3 is 0 Å². The van der Waals surface area contributed by atoms with Crippen LogP contribution in [0, 0.1) is 6.92 Å². The molecule has 2 aromatic rings. The molecule has 3 N–H and O–H groups in total. The summed E-state index contributed by atoms with van der Waals surface area (Å²) in [6, 6.07) is 6.17. The van der Waals surface area contributed by atoms with Gasteiger partial charge in [0.1, 0.15) is 5.82 Å². The Balaban J connectivity index is 2.37. The molecular formula is C11H14N4O2S. The molecule has 0 saturated carbocycles. The zero-order chi connectivity index (χ0) is 13.3. The fourth-order valence-electron chi connectivity index (χ4n) is 1.49. The van der Waals surface area contributed by atoms with Crippen LogP contribution in [-0.4, -0.2) is 18.2 Å². The Kier molecular flexibility index (Phi) is 3.00. The SMILES string of the molecule is Cc1cc(S(=O)(=O)Nc2ccnn2C)ccc1N. The monoisotopic (exact) mass is 266 g/mol. The van der Waals surface area contributed by atoms with E-state index in [1.807, 2.05) is 0 Å². The third-order valence-electron chi connectivity index (χ3n) is 2.61. The number of nitrogen functional groups attached to an aromatic ring is 1. The molecule has 96 valence electrons. The Morgan fingerprint density at radius 2 is 2.06 bits per heavy atom. The molecule has 1 aromatic heterocycles. The van der Waals surface area contributed by atoms with Crippen LogP contribution in [0.1, 0.15) is 5.56 Å². The lowest BCUT2D eigenvalue weighted by Gasteiger charge is -2.09. The van der Waals surface area contributed by atoms with Crippen LogP contribution in [0.15, 0.2) is 35.4 Å². The van der Waals surface area contributed by atoms with Crippen molar-refractivity contribution in [3.63, 3.8) is 0 Å². The predicted octanol–water partition coefficient (Wildman–Crippen LogP) is 1.11. The van der Waals surface area contributed by atoms with Crippen molar-refractivity contribution in [2.75, 3.05) is 10.5 Å². The van der Waals surface area contributed by atoms with Crippen molar-refractivity contribution >= 4 is 21.5 Å². The predicted molar refractivity (Wildman–Crippen MR) is 69.6 cm³/mol. The van der Waals surface area contributed by atoms with Crippen LogP contribution in [0.25, 0.3) is 0 Å². The molecule has 0 amide bonds. The molecule has 0 aliphatic heterocycles. The minimum absolute atomic E-state index is 0.176. The van der Waals surface area contributed by atoms with Crippen molar-refractivity contribution in [1.29, 1.82) is 0 Å². The van der Waals surface area contributed by atoms with E-state index in [1.54, 1.807) is 26.1 Å². The summed E-state index contributed by atoms with van der Waals surface area (Å²) in [6.45, 7) is 1.76. The molecular weight excluding hydrogens is 252 g/mol. The van der Waals surface area contributed by atoms with E-state index in [-0.39, 0.29) is 4.90 Å². The third-order valence-corrected chi connectivity index (χ3v) is 3.96. The van der Waals surface area contributed by atoms with Gasteiger partial charge in [-0.2, -0.15) is 5.10 Å². The van der Waals surface area contributed by atoms with E-state index in [0.29, 0.717) is 11.5 Å². The number of hydrogen-bond donors (Lipinski definition) is 2. The second-order valence-corrected chi connectivity index (χ2v) is 5.65. The Morgan fingerprint density at radius 1 is 1.33 bits per heavy atom. The van der Waals surface area contributed by atoms with Crippen LogP contribution < -0.4 is 10.5 Å². The summed E-state index contributed by atoms with van der Waals surface area (Å²) in [6.07, 6.45) is 1.52. The van der Waals surface area contributed by atoms with Crippen molar-refractivity contribution in [2.24, 2.45) is 7.05 Å². The summed E-state index contributed by atoms with van der Waals surface area (Å²) in [5.74, 6) is 0.407. The van der Waals surface area contributed by atoms with E-state index in [2.05, 4.69) is 9.82 Å². The van der Waals surface area contributed by atoms with Gasteiger partial charge in [0.2, 0.25) is 0 Å². The van der Waals surface area contributed by atoms with Gasteiger partial charge in [-0.25, -0.2) is 8.42 Å². The maximum absolute atomic E-state index is 12.1. The second kappa shape index (κ2) is 4.34. The van der Waals surface area contributed by atoms with Gasteiger partial charge < -0.3 is 5.73 Å². The number of nitrogens with zero attached hydrogens (tertiary/aromatic N) is 2. The van der Waals surface area contributed by atoms with Crippen LogP contribution in [0.2, 0.25) is 0 Å². The highest BCUT2D eigenvalue weighted by atomic mass is 32.2. The summed E-state index contributed by atoms with van der Waals surface area (Å²) < 4.78 is 28.2. The summed E-state index contributed by atoms with van der Waals surface area (Å²) in [7, 11) is -1.95. The van der Waals surface area contributed by atoms with Gasteiger partial charge in [0.15, 0.2) is 0 Å². The highest BCUT2D eigenvalue weighted by Gasteiger charge is 2.16. The molecule has 0 spiro atoms. The Bertz CT molecular complexity index is 676. The Hall–Kier alpha value is -2.02. The first-order valence-electron chi connectivity index (χ1n) is 5.27. The van der Waals surface area contributed by atoms with E-state index < -0.39 is 10.0 Å². The largest absolute Gasteiger partial charge is 0.399 e. The number of rotatable bonds is 3. The van der Waals surface area contributed by atoms with Crippen LogP contribution >= 0.6 is 0 Å². The summed E-state index contributed by atoms with van der Waals surface area (Å²) in [5.41, 5.74) is 6.95. The number of benzene rings is 1. The first-order valence-corrected chi connectivity index (χ1v) is 6.75. The first kappa shape index (κ1) is 12.4. The normalized spacial score (nSPS) is 11.4. The van der Waals surface area contributed by atoms with Crippen LogP contribution in [-0.2, 0) is 17.1 Å². The van der Waals surface area contributed by atoms with Gasteiger partial charge in [0, 0.05) is 18.8 Å². The van der Waals surface area contributed by atoms with Gasteiger partial charge in [-0.15, -0.1) is 0 Å². The lowest BCUT2D eigenvalue weighted by Crippen LogP contribution is -2.15. The lowest BCUT2D eigenvalue weighted by atomic mass is 10.2. The van der Waals surface area contributed by atoms with Gasteiger partial charge in [0.05, 0.1) is 11.1 Å². The molecule has 0 aliphatic carbocycles. The molecule has 0 aliphatic rings. The standard InChI is InChI=1S/C11H14N4O2S/c1-8-7-9(3-4-10(8)12)18(16,17)14-11-5-6-13-15(11)2/h3-7,14H,12H2,1-2H3. The number of hydrogen-bond acceptors (Lipinski definition) is 4. The molecule has 0 unspecified atom stereocenters. The highest BCUT2D eigenvalue weighted by molar-refractivity contribution is 7.92. The third kappa shape index (κ3) is 2.30. The Labute approximate surface area is 105 Å². The quantitative estimate of drug-likeness (QED) is 0.814. The fourth-order valence-corrected chi connectivity index (χ4v) is 2.66. The number of anilines is 2. The number of nitrogens with two attached hydrogens (primary N) is 1. The van der Waals surface area contributed by atoms with E-state index >= 15 is 0 Å². The minimum atomic E-state index is -3.61. The van der Waals surface area contributed by atoms with Crippen molar-refractivity contribution < 1.29 is 8.42 Å². The van der Waals surface area contributed by atoms with Gasteiger partial charge in [-0.05, 0) is 30.7 Å². The molecule has 7 heteroatoms. The van der Waals surface area contributed by atoms with Gasteiger partial charge in [-0.1, -0.05) is 0 Å². The van der Waals surface area contributed by atoms with E-state index in [1.165, 1.54) is 23.0 Å². The van der Waals surface area contributed by atoms with Crippen molar-refractivity contribution in [1.82, 2.24) is 9.78 Å². The van der Waals surface area contributed by atoms with Crippen LogP contribution in [0.3, 0.4) is 0 Å². The molecule has 2 rings (SSSR count). The highest BCUT2D eigenvalue weighted by Crippen LogP contribution is 2.19. The molecule has 0 radical (unpaired) electrons. The average molecular weight is 266 g/mol. The molecule has 1 heterocycles. The zero-order valence-corrected chi connectivity index (χ0v) is 10.9. The first-order chi connectivity index (χ1) is 8.40. The number of sulfonamides is 1. The van der Waals surface area contributed by atoms with Crippen molar-refractivity contribution in [2.45, 2.75) is 11.8 Å². The van der Waals surface area contributed by atoms with Gasteiger partial charge in [-0.3, -0.25) is 9.40 Å². The number of aromatic nitrogens is 2. The fraction of sp³-hybridized carbons (Fsp3) is 0.182. The molecule has 0 saturated heterocycles. The minimum Gasteiger partial charge on any atom is -0.399 e. The maximum atomic E-state index is 12.1. The number of aryl methyl sites for hydroxylation is 2. The smallest absolute Gasteiger partial charge is 0.263 e. The maximum Gasteiger partial charge on any atom is 0.263 e. The van der Waals surface area contributed by atoms with Gasteiger partial charge in [0.25, 0.3) is 10.0 Å². The molecule has 0 fully saturated rings. The summed E-state index contributed by atoms with van der Waals surface area (Å²) in [5, 5.41) is 3.90. The summed E-state index contributed by atoms with van der Waals surface area (Å²) in [4.78, 5) is 0.176. The Morgan fingerprint density at radius 3 is 2.61 bits per heavy atom. The molecule has 0 bridgehead atoms. The summed E-state index contributed by atoms with van der Waals surface area (Å²) >= 11 is 0. The van der Waals surface area contributed by atoms with Crippen LogP contribution in [0.4, 0.5) is 11.5 Å². The number of nitrogens with one attached hydrogen (secondary N) is 1. The molecule has 0 atom stereocenters. The average Bonchev–Trinajstić information content (AvgIpc) is 2.67. The van der Waals surface area contributed by atoms with E-state index in [0.717, 1.165) is 5.56 Å². The lowest BCUT2D eigenvalue weighted by molar-refractivity contribution is 0.600. The second-order valence-electron chi connectivity index (χ2n) is 3.96. The topological polar surface area (TPSA) is 90.0 Å². The van der Waals surface area contributed by atoms with E-state index in [4.69, 9.17) is 5.73 Å². The van der Waals surface area contributed by atoms with Crippen molar-refractivity contribution in [3.05, 3.63) is 36.0 Å².